The number of nitrogens with zero attached hydrogens (tertiary/aromatic N) is 4. The van der Waals surface area contributed by atoms with Gasteiger partial charge in [-0.25, -0.2) is 4.79 Å². The zero-order valence-corrected chi connectivity index (χ0v) is 17.3. The van der Waals surface area contributed by atoms with Crippen molar-refractivity contribution in [3.05, 3.63) is 64.6 Å². The summed E-state index contributed by atoms with van der Waals surface area (Å²) < 4.78 is 7.73. The van der Waals surface area contributed by atoms with E-state index in [0.29, 0.717) is 46.4 Å². The first kappa shape index (κ1) is 20.0. The Morgan fingerprint density at radius 2 is 1.97 bits per heavy atom. The van der Waals surface area contributed by atoms with Crippen LogP contribution in [-0.2, 0) is 11.3 Å². The number of amides is 1. The number of nitriles is 1. The molecule has 8 heteroatoms. The van der Waals surface area contributed by atoms with E-state index in [2.05, 4.69) is 11.1 Å². The number of rotatable bonds is 5. The van der Waals surface area contributed by atoms with Crippen molar-refractivity contribution in [3.8, 4) is 17.3 Å². The second kappa shape index (κ2) is 7.94. The first-order valence-corrected chi connectivity index (χ1v) is 10.5. The van der Waals surface area contributed by atoms with Crippen molar-refractivity contribution in [2.24, 2.45) is 5.73 Å². The van der Waals surface area contributed by atoms with E-state index in [-0.39, 0.29) is 11.9 Å². The third-order valence-electron chi connectivity index (χ3n) is 6.08. The Balaban J connectivity index is 1.70. The number of carbonyl (C=O) groups is 1. The van der Waals surface area contributed by atoms with E-state index in [1.54, 1.807) is 16.7 Å². The molecule has 1 unspecified atom stereocenters. The van der Waals surface area contributed by atoms with Gasteiger partial charge in [0, 0.05) is 24.0 Å². The van der Waals surface area contributed by atoms with Crippen LogP contribution in [0.2, 0.25) is 0 Å². The van der Waals surface area contributed by atoms with Gasteiger partial charge in [0.15, 0.2) is 11.2 Å². The molecular formula is C24H21N5O3. The summed E-state index contributed by atoms with van der Waals surface area (Å²) >= 11 is 0. The van der Waals surface area contributed by atoms with E-state index in [0.717, 1.165) is 24.9 Å². The zero-order chi connectivity index (χ0) is 22.2. The number of hydrogen-bond donors (Lipinski definition) is 1. The van der Waals surface area contributed by atoms with Crippen LogP contribution < -0.4 is 11.4 Å². The normalized spacial score (nSPS) is 16.5. The molecule has 5 rings (SSSR count). The second-order valence-corrected chi connectivity index (χ2v) is 7.93. The highest BCUT2D eigenvalue weighted by atomic mass is 16.3. The van der Waals surface area contributed by atoms with Crippen LogP contribution in [0.5, 0.6) is 0 Å². The van der Waals surface area contributed by atoms with Crippen LogP contribution >= 0.6 is 0 Å². The highest BCUT2D eigenvalue weighted by Crippen LogP contribution is 2.35. The maximum Gasteiger partial charge on any atom is 0.348 e. The molecule has 4 aromatic rings. The number of hydrogen-bond acceptors (Lipinski definition) is 6. The van der Waals surface area contributed by atoms with Gasteiger partial charge >= 0.3 is 5.69 Å². The minimum Gasteiger partial charge on any atom is -0.451 e. The van der Waals surface area contributed by atoms with Gasteiger partial charge in [-0.3, -0.25) is 14.3 Å². The van der Waals surface area contributed by atoms with Gasteiger partial charge in [-0.05, 0) is 31.5 Å². The maximum atomic E-state index is 13.2. The maximum absolute atomic E-state index is 13.2. The molecule has 0 saturated carbocycles. The van der Waals surface area contributed by atoms with Gasteiger partial charge in [-0.15, -0.1) is 0 Å². The Morgan fingerprint density at radius 3 is 2.72 bits per heavy atom. The SMILES string of the molecule is N#Cc1cccc2c1oc1c(-c3ccccc3)nc(=O)n(CCN3CCCC3C(N)=O)c12. The number of fused-ring (bicyclic) bond motifs is 3. The molecule has 0 aliphatic carbocycles. The standard InChI is InChI=1S/C24H21N5O3/c25-14-16-8-4-9-17-20-22(32-21(16)17)19(15-6-2-1-3-7-15)27-24(31)29(20)13-12-28-11-5-10-18(28)23(26)30/h1-4,6-9,18H,5,10-13H2,(H2,26,30). The fourth-order valence-corrected chi connectivity index (χ4v) is 4.57. The van der Waals surface area contributed by atoms with Gasteiger partial charge in [0.2, 0.25) is 5.91 Å². The molecule has 160 valence electrons. The highest BCUT2D eigenvalue weighted by Gasteiger charge is 2.29. The molecule has 2 N–H and O–H groups in total. The van der Waals surface area contributed by atoms with E-state index in [1.807, 2.05) is 41.3 Å². The first-order valence-electron chi connectivity index (χ1n) is 10.5. The quantitative estimate of drug-likeness (QED) is 0.523. The van der Waals surface area contributed by atoms with E-state index >= 15 is 0 Å². The highest BCUT2D eigenvalue weighted by molar-refractivity contribution is 6.08. The molecule has 2 aromatic heterocycles. The summed E-state index contributed by atoms with van der Waals surface area (Å²) in [5.74, 6) is -0.343. The first-order chi connectivity index (χ1) is 15.6. The average molecular weight is 427 g/mol. The van der Waals surface area contributed by atoms with Crippen molar-refractivity contribution in [3.63, 3.8) is 0 Å². The van der Waals surface area contributed by atoms with Gasteiger partial charge in [0.25, 0.3) is 0 Å². The Kier molecular flexibility index (Phi) is 4.96. The lowest BCUT2D eigenvalue weighted by atomic mass is 10.1. The Hall–Kier alpha value is -3.96. The number of carbonyl (C=O) groups excluding carboxylic acids is 1. The molecule has 1 atom stereocenters. The Morgan fingerprint density at radius 1 is 1.16 bits per heavy atom. The molecule has 1 fully saturated rings. The molecule has 32 heavy (non-hydrogen) atoms. The van der Waals surface area contributed by atoms with Crippen LogP contribution in [0.15, 0.2) is 57.7 Å². The van der Waals surface area contributed by atoms with Gasteiger partial charge in [0.05, 0.1) is 11.6 Å². The zero-order valence-electron chi connectivity index (χ0n) is 17.3. The molecule has 2 aromatic carbocycles. The third-order valence-corrected chi connectivity index (χ3v) is 6.08. The Labute approximate surface area is 183 Å². The number of likely N-dealkylation sites (tertiary alicyclic amines) is 1. The fraction of sp³-hybridized carbons (Fsp3) is 0.250. The van der Waals surface area contributed by atoms with Crippen LogP contribution in [0.25, 0.3) is 33.3 Å². The molecule has 1 aliphatic heterocycles. The van der Waals surface area contributed by atoms with Crippen molar-refractivity contribution < 1.29 is 9.21 Å². The summed E-state index contributed by atoms with van der Waals surface area (Å²) in [5, 5.41) is 10.2. The predicted octanol–water partition coefficient (Wildman–Crippen LogP) is 2.63. The number of primary amides is 1. The van der Waals surface area contributed by atoms with Crippen molar-refractivity contribution in [1.29, 1.82) is 5.26 Å². The fourth-order valence-electron chi connectivity index (χ4n) is 4.57. The largest absolute Gasteiger partial charge is 0.451 e. The van der Waals surface area contributed by atoms with Crippen LogP contribution in [-0.4, -0.2) is 39.5 Å². The molecule has 0 spiro atoms. The number of nitrogens with two attached hydrogens (primary N) is 1. The monoisotopic (exact) mass is 427 g/mol. The number of aromatic nitrogens is 2. The van der Waals surface area contributed by atoms with Crippen LogP contribution in [0.3, 0.4) is 0 Å². The van der Waals surface area contributed by atoms with Gasteiger partial charge in [-0.1, -0.05) is 36.4 Å². The lowest BCUT2D eigenvalue weighted by Crippen LogP contribution is -2.42. The van der Waals surface area contributed by atoms with E-state index < -0.39 is 5.69 Å². The summed E-state index contributed by atoms with van der Waals surface area (Å²) in [6.07, 6.45) is 1.62. The molecule has 8 nitrogen and oxygen atoms in total. The third kappa shape index (κ3) is 3.24. The van der Waals surface area contributed by atoms with Crippen molar-refractivity contribution >= 4 is 28.0 Å². The van der Waals surface area contributed by atoms with Crippen LogP contribution in [0, 0.1) is 11.3 Å². The van der Waals surface area contributed by atoms with Crippen molar-refractivity contribution in [2.75, 3.05) is 13.1 Å². The average Bonchev–Trinajstić information content (AvgIpc) is 3.43. The predicted molar refractivity (Wildman–Crippen MR) is 120 cm³/mol. The van der Waals surface area contributed by atoms with Crippen LogP contribution in [0.4, 0.5) is 0 Å². The molecule has 1 saturated heterocycles. The smallest absolute Gasteiger partial charge is 0.348 e. The van der Waals surface area contributed by atoms with Crippen LogP contribution in [0.1, 0.15) is 18.4 Å². The molecular weight excluding hydrogens is 406 g/mol. The molecule has 3 heterocycles. The summed E-state index contributed by atoms with van der Waals surface area (Å²) in [6.45, 7) is 1.57. The Bertz CT molecular complexity index is 1430. The van der Waals surface area contributed by atoms with E-state index in [4.69, 9.17) is 10.2 Å². The van der Waals surface area contributed by atoms with Gasteiger partial charge in [-0.2, -0.15) is 10.2 Å². The summed E-state index contributed by atoms with van der Waals surface area (Å²) in [5.41, 5.74) is 8.22. The van der Waals surface area contributed by atoms with Crippen molar-refractivity contribution in [2.45, 2.75) is 25.4 Å². The molecule has 1 aliphatic rings. The minimum atomic E-state index is -0.406. The molecule has 1 amide bonds. The van der Waals surface area contributed by atoms with Gasteiger partial charge < -0.3 is 10.2 Å². The number of para-hydroxylation sites is 1. The van der Waals surface area contributed by atoms with E-state index in [1.165, 1.54) is 0 Å². The lowest BCUT2D eigenvalue weighted by Gasteiger charge is -2.22. The summed E-state index contributed by atoms with van der Waals surface area (Å²) in [4.78, 5) is 31.3. The number of furan rings is 1. The summed E-state index contributed by atoms with van der Waals surface area (Å²) in [7, 11) is 0. The molecule has 0 radical (unpaired) electrons. The van der Waals surface area contributed by atoms with Gasteiger partial charge in [0.1, 0.15) is 17.3 Å². The van der Waals surface area contributed by atoms with Crippen molar-refractivity contribution in [1.82, 2.24) is 14.5 Å². The summed E-state index contributed by atoms with van der Waals surface area (Å²) in [6, 6.07) is 16.5. The van der Waals surface area contributed by atoms with E-state index in [9.17, 15) is 14.9 Å². The number of benzene rings is 2. The second-order valence-electron chi connectivity index (χ2n) is 7.93. The lowest BCUT2D eigenvalue weighted by molar-refractivity contribution is -0.122. The molecule has 0 bridgehead atoms. The minimum absolute atomic E-state index is 0.316. The topological polar surface area (TPSA) is 118 Å².